The molecule has 2 N–H and O–H groups in total. The van der Waals surface area contributed by atoms with Crippen LogP contribution in [0.2, 0.25) is 0 Å². The van der Waals surface area contributed by atoms with E-state index in [1.807, 2.05) is 6.07 Å². The Bertz CT molecular complexity index is 1340. The van der Waals surface area contributed by atoms with Crippen molar-refractivity contribution in [3.8, 4) is 16.9 Å². The zero-order valence-corrected chi connectivity index (χ0v) is 19.2. The Morgan fingerprint density at radius 2 is 1.73 bits per heavy atom. The Balaban J connectivity index is 1.96. The Kier molecular flexibility index (Phi) is 5.62. The fourth-order valence-electron chi connectivity index (χ4n) is 3.59. The molecule has 9 nitrogen and oxygen atoms in total. The molecule has 2 heterocycles. The standard InChI is InChI=1S/C23H23N5O4S/c1-15(2)33(30,31)32-20-10-5-4-9-19(20)23(21(29)28(3)22(24)27-23)18-8-6-7-16(11-18)17-12-25-14-26-13-17/h4-15H,1-3H3,(H2,24,27). The van der Waals surface area contributed by atoms with Crippen LogP contribution in [0.15, 0.2) is 72.2 Å². The van der Waals surface area contributed by atoms with Gasteiger partial charge in [0.25, 0.3) is 5.91 Å². The van der Waals surface area contributed by atoms with Gasteiger partial charge in [0.1, 0.15) is 12.1 Å². The molecule has 1 aromatic heterocycles. The van der Waals surface area contributed by atoms with Gasteiger partial charge >= 0.3 is 10.1 Å². The maximum Gasteiger partial charge on any atom is 0.311 e. The van der Waals surface area contributed by atoms with E-state index in [1.54, 1.807) is 48.8 Å². The number of likely N-dealkylation sites (N-methyl/N-ethyl adjacent to an activating group) is 1. The molecule has 0 saturated heterocycles. The normalized spacial score (nSPS) is 18.5. The number of nitrogens with zero attached hydrogens (tertiary/aromatic N) is 4. The molecule has 170 valence electrons. The number of para-hydroxylation sites is 1. The van der Waals surface area contributed by atoms with Crippen molar-refractivity contribution in [2.75, 3.05) is 7.05 Å². The van der Waals surface area contributed by atoms with Gasteiger partial charge in [0.2, 0.25) is 0 Å². The summed E-state index contributed by atoms with van der Waals surface area (Å²) in [5.41, 5.74) is 6.72. The molecule has 1 atom stereocenters. The van der Waals surface area contributed by atoms with E-state index in [0.717, 1.165) is 11.1 Å². The molecular formula is C23H23N5O4S. The molecular weight excluding hydrogens is 442 g/mol. The average Bonchev–Trinajstić information content (AvgIpc) is 3.04. The summed E-state index contributed by atoms with van der Waals surface area (Å²) in [6.07, 6.45) is 4.74. The number of rotatable bonds is 6. The van der Waals surface area contributed by atoms with E-state index in [2.05, 4.69) is 15.0 Å². The van der Waals surface area contributed by atoms with Crippen LogP contribution in [0, 0.1) is 0 Å². The zero-order chi connectivity index (χ0) is 23.8. The van der Waals surface area contributed by atoms with Crippen LogP contribution in [0.3, 0.4) is 0 Å². The third kappa shape index (κ3) is 3.82. The van der Waals surface area contributed by atoms with Crippen molar-refractivity contribution >= 4 is 22.0 Å². The van der Waals surface area contributed by atoms with Crippen LogP contribution in [0.25, 0.3) is 11.1 Å². The predicted octanol–water partition coefficient (Wildman–Crippen LogP) is 2.29. The van der Waals surface area contributed by atoms with E-state index < -0.39 is 26.8 Å². The minimum Gasteiger partial charge on any atom is -0.382 e. The largest absolute Gasteiger partial charge is 0.382 e. The van der Waals surface area contributed by atoms with Gasteiger partial charge in [-0.2, -0.15) is 8.42 Å². The lowest BCUT2D eigenvalue weighted by molar-refractivity contribution is -0.129. The SMILES string of the molecule is CC(C)S(=O)(=O)Oc1ccccc1C1(c2cccc(-c3cncnc3)c2)N=C(N)N(C)C1=O. The number of hydrogen-bond acceptors (Lipinski definition) is 8. The molecule has 0 spiro atoms. The number of carbonyl (C=O) groups is 1. The summed E-state index contributed by atoms with van der Waals surface area (Å²) < 4.78 is 30.6. The maximum atomic E-state index is 13.6. The first-order chi connectivity index (χ1) is 15.7. The van der Waals surface area contributed by atoms with E-state index in [9.17, 15) is 13.2 Å². The molecule has 0 radical (unpaired) electrons. The maximum absolute atomic E-state index is 13.6. The van der Waals surface area contributed by atoms with Crippen molar-refractivity contribution < 1.29 is 17.4 Å². The Morgan fingerprint density at radius 1 is 1.03 bits per heavy atom. The number of nitrogens with two attached hydrogens (primary N) is 1. The number of guanidine groups is 1. The number of aromatic nitrogens is 2. The van der Waals surface area contributed by atoms with Gasteiger partial charge in [-0.05, 0) is 37.1 Å². The van der Waals surface area contributed by atoms with Gasteiger partial charge in [-0.15, -0.1) is 0 Å². The number of benzene rings is 2. The van der Waals surface area contributed by atoms with E-state index in [1.165, 1.54) is 38.2 Å². The summed E-state index contributed by atoms with van der Waals surface area (Å²) in [6, 6.07) is 13.6. The van der Waals surface area contributed by atoms with E-state index in [0.29, 0.717) is 5.56 Å². The van der Waals surface area contributed by atoms with Crippen molar-refractivity contribution in [1.82, 2.24) is 14.9 Å². The fourth-order valence-corrected chi connectivity index (χ4v) is 4.18. The van der Waals surface area contributed by atoms with Crippen LogP contribution in [0.4, 0.5) is 0 Å². The van der Waals surface area contributed by atoms with Gasteiger partial charge in [0.05, 0.1) is 5.25 Å². The van der Waals surface area contributed by atoms with Crippen molar-refractivity contribution in [2.24, 2.45) is 10.7 Å². The van der Waals surface area contributed by atoms with E-state index in [-0.39, 0.29) is 17.3 Å². The Morgan fingerprint density at radius 3 is 2.36 bits per heavy atom. The summed E-state index contributed by atoms with van der Waals surface area (Å²) in [4.78, 5) is 27.5. The number of carbonyl (C=O) groups excluding carboxylic acids is 1. The van der Waals surface area contributed by atoms with Crippen LogP contribution in [0.5, 0.6) is 5.75 Å². The first-order valence-electron chi connectivity index (χ1n) is 10.2. The highest BCUT2D eigenvalue weighted by atomic mass is 32.2. The van der Waals surface area contributed by atoms with Crippen molar-refractivity contribution in [1.29, 1.82) is 0 Å². The molecule has 0 fully saturated rings. The van der Waals surface area contributed by atoms with Crippen LogP contribution in [0.1, 0.15) is 25.0 Å². The molecule has 10 heteroatoms. The van der Waals surface area contributed by atoms with E-state index in [4.69, 9.17) is 9.92 Å². The molecule has 3 aromatic rings. The van der Waals surface area contributed by atoms with Crippen LogP contribution < -0.4 is 9.92 Å². The van der Waals surface area contributed by atoms with Gasteiger partial charge < -0.3 is 9.92 Å². The second-order valence-corrected chi connectivity index (χ2v) is 9.97. The molecule has 1 aliphatic rings. The second kappa shape index (κ2) is 8.28. The number of aliphatic imine (C=N–C) groups is 1. The molecule has 2 aromatic carbocycles. The molecule has 33 heavy (non-hydrogen) atoms. The summed E-state index contributed by atoms with van der Waals surface area (Å²) >= 11 is 0. The van der Waals surface area contributed by atoms with Crippen molar-refractivity contribution in [2.45, 2.75) is 24.6 Å². The zero-order valence-electron chi connectivity index (χ0n) is 18.3. The molecule has 1 amide bonds. The second-order valence-electron chi connectivity index (χ2n) is 7.87. The molecule has 4 rings (SSSR count). The molecule has 0 aliphatic carbocycles. The Labute approximate surface area is 192 Å². The number of hydrogen-bond donors (Lipinski definition) is 1. The highest BCUT2D eigenvalue weighted by Gasteiger charge is 2.51. The smallest absolute Gasteiger partial charge is 0.311 e. The quantitative estimate of drug-likeness (QED) is 0.553. The molecule has 1 unspecified atom stereocenters. The van der Waals surface area contributed by atoms with Gasteiger partial charge in [-0.3, -0.25) is 9.69 Å². The lowest BCUT2D eigenvalue weighted by Crippen LogP contribution is -2.41. The molecule has 1 aliphatic heterocycles. The first kappa shape index (κ1) is 22.4. The molecule has 0 bridgehead atoms. The van der Waals surface area contributed by atoms with Crippen molar-refractivity contribution in [3.63, 3.8) is 0 Å². The summed E-state index contributed by atoms with van der Waals surface area (Å²) in [5.74, 6) is -0.408. The lowest BCUT2D eigenvalue weighted by Gasteiger charge is -2.28. The monoisotopic (exact) mass is 465 g/mol. The topological polar surface area (TPSA) is 128 Å². The van der Waals surface area contributed by atoms with Gasteiger partial charge in [-0.25, -0.2) is 15.0 Å². The van der Waals surface area contributed by atoms with Crippen LogP contribution in [-0.4, -0.2) is 47.5 Å². The summed E-state index contributed by atoms with van der Waals surface area (Å²) in [7, 11) is -2.41. The average molecular weight is 466 g/mol. The summed E-state index contributed by atoms with van der Waals surface area (Å²) in [6.45, 7) is 3.04. The van der Waals surface area contributed by atoms with Crippen LogP contribution >= 0.6 is 0 Å². The van der Waals surface area contributed by atoms with Crippen molar-refractivity contribution in [3.05, 3.63) is 78.4 Å². The molecule has 0 saturated carbocycles. The lowest BCUT2D eigenvalue weighted by atomic mass is 9.81. The van der Waals surface area contributed by atoms with Gasteiger partial charge in [0.15, 0.2) is 11.5 Å². The summed E-state index contributed by atoms with van der Waals surface area (Å²) in [5, 5.41) is -0.779. The highest BCUT2D eigenvalue weighted by Crippen LogP contribution is 2.44. The number of amides is 1. The third-order valence-corrected chi connectivity index (χ3v) is 7.04. The predicted molar refractivity (Wildman–Crippen MR) is 124 cm³/mol. The highest BCUT2D eigenvalue weighted by molar-refractivity contribution is 7.87. The Hall–Kier alpha value is -3.79. The first-order valence-corrected chi connectivity index (χ1v) is 11.7. The van der Waals surface area contributed by atoms with E-state index >= 15 is 0 Å². The minimum atomic E-state index is -3.93. The van der Waals surface area contributed by atoms with Gasteiger partial charge in [-0.1, -0.05) is 36.4 Å². The fraction of sp³-hybridized carbons (Fsp3) is 0.217. The third-order valence-electron chi connectivity index (χ3n) is 5.47. The minimum absolute atomic E-state index is 0.00923. The van der Waals surface area contributed by atoms with Gasteiger partial charge in [0, 0.05) is 30.6 Å². The van der Waals surface area contributed by atoms with Crippen LogP contribution in [-0.2, 0) is 20.5 Å².